The SMILES string of the molecule is Fc1ccccc1-c1nnc(SC[C@@H]2CCOCO2)n1C1CC1. The number of halogens is 1. The largest absolute Gasteiger partial charge is 0.355 e. The number of rotatable bonds is 5. The monoisotopic (exact) mass is 335 g/mol. The van der Waals surface area contributed by atoms with Crippen LogP contribution in [0, 0.1) is 5.82 Å². The molecule has 1 aliphatic carbocycles. The first kappa shape index (κ1) is 15.1. The highest BCUT2D eigenvalue weighted by atomic mass is 32.2. The van der Waals surface area contributed by atoms with Gasteiger partial charge in [0.2, 0.25) is 0 Å². The summed E-state index contributed by atoms with van der Waals surface area (Å²) < 4.78 is 26.9. The molecule has 1 aromatic heterocycles. The summed E-state index contributed by atoms with van der Waals surface area (Å²) >= 11 is 1.63. The average molecular weight is 335 g/mol. The van der Waals surface area contributed by atoms with E-state index in [-0.39, 0.29) is 11.9 Å². The zero-order valence-electron chi connectivity index (χ0n) is 12.7. The molecule has 1 aromatic carbocycles. The molecule has 0 N–H and O–H groups in total. The van der Waals surface area contributed by atoms with Crippen molar-refractivity contribution in [2.75, 3.05) is 19.2 Å². The second kappa shape index (κ2) is 6.59. The van der Waals surface area contributed by atoms with Crippen LogP contribution in [0.5, 0.6) is 0 Å². The van der Waals surface area contributed by atoms with Crippen molar-refractivity contribution in [1.82, 2.24) is 14.8 Å². The molecule has 2 heterocycles. The first-order valence-corrected chi connectivity index (χ1v) is 8.83. The molecule has 5 nitrogen and oxygen atoms in total. The summed E-state index contributed by atoms with van der Waals surface area (Å²) in [6, 6.07) is 7.12. The quantitative estimate of drug-likeness (QED) is 0.785. The fourth-order valence-electron chi connectivity index (χ4n) is 2.66. The molecule has 1 saturated heterocycles. The lowest BCUT2D eigenvalue weighted by atomic mass is 10.2. The molecular weight excluding hydrogens is 317 g/mol. The number of benzene rings is 1. The summed E-state index contributed by atoms with van der Waals surface area (Å²) in [7, 11) is 0. The normalized spacial score (nSPS) is 21.5. The van der Waals surface area contributed by atoms with Gasteiger partial charge in [-0.1, -0.05) is 23.9 Å². The maximum atomic E-state index is 14.1. The van der Waals surface area contributed by atoms with Crippen molar-refractivity contribution in [3.63, 3.8) is 0 Å². The molecule has 2 fully saturated rings. The molecule has 1 aliphatic heterocycles. The Labute approximate surface area is 138 Å². The third-order valence-corrected chi connectivity index (χ3v) is 5.14. The summed E-state index contributed by atoms with van der Waals surface area (Å²) in [5.74, 6) is 1.18. The summed E-state index contributed by atoms with van der Waals surface area (Å²) in [5.41, 5.74) is 0.515. The van der Waals surface area contributed by atoms with Crippen LogP contribution in [0.25, 0.3) is 11.4 Å². The predicted molar refractivity (Wildman–Crippen MR) is 84.7 cm³/mol. The minimum absolute atomic E-state index is 0.176. The molecule has 7 heteroatoms. The Morgan fingerprint density at radius 1 is 1.22 bits per heavy atom. The van der Waals surface area contributed by atoms with Gasteiger partial charge in [0.25, 0.3) is 0 Å². The van der Waals surface area contributed by atoms with E-state index in [9.17, 15) is 4.39 Å². The first-order valence-electron chi connectivity index (χ1n) is 7.85. The first-order chi connectivity index (χ1) is 11.3. The molecule has 0 radical (unpaired) electrons. The summed E-state index contributed by atoms with van der Waals surface area (Å²) in [6.45, 7) is 1.10. The highest BCUT2D eigenvalue weighted by Crippen LogP contribution is 2.41. The van der Waals surface area contributed by atoms with Crippen LogP contribution in [0.2, 0.25) is 0 Å². The molecule has 23 heavy (non-hydrogen) atoms. The van der Waals surface area contributed by atoms with Crippen LogP contribution in [0.4, 0.5) is 4.39 Å². The van der Waals surface area contributed by atoms with Gasteiger partial charge < -0.3 is 9.47 Å². The van der Waals surface area contributed by atoms with E-state index in [2.05, 4.69) is 14.8 Å². The molecule has 2 aromatic rings. The number of ether oxygens (including phenoxy) is 2. The van der Waals surface area contributed by atoms with Crippen LogP contribution in [0.3, 0.4) is 0 Å². The van der Waals surface area contributed by atoms with E-state index in [4.69, 9.17) is 9.47 Å². The molecule has 0 amide bonds. The van der Waals surface area contributed by atoms with Crippen molar-refractivity contribution in [2.24, 2.45) is 0 Å². The zero-order valence-corrected chi connectivity index (χ0v) is 13.5. The molecule has 0 spiro atoms. The smallest absolute Gasteiger partial charge is 0.191 e. The van der Waals surface area contributed by atoms with E-state index in [0.717, 1.165) is 36.8 Å². The lowest BCUT2D eigenvalue weighted by Crippen LogP contribution is -2.25. The third kappa shape index (κ3) is 3.27. The van der Waals surface area contributed by atoms with Crippen molar-refractivity contribution >= 4 is 11.8 Å². The maximum absolute atomic E-state index is 14.1. The fourth-order valence-corrected chi connectivity index (χ4v) is 3.73. The molecule has 0 bridgehead atoms. The van der Waals surface area contributed by atoms with E-state index < -0.39 is 0 Å². The highest BCUT2D eigenvalue weighted by molar-refractivity contribution is 7.99. The van der Waals surface area contributed by atoms with Gasteiger partial charge in [0.15, 0.2) is 11.0 Å². The standard InChI is InChI=1S/C16H18FN3O2S/c17-14-4-2-1-3-13(14)15-18-19-16(20(15)11-5-6-11)23-9-12-7-8-21-10-22-12/h1-4,11-12H,5-10H2/t12-/m0/s1. The predicted octanol–water partition coefficient (Wildman–Crippen LogP) is 3.27. The lowest BCUT2D eigenvalue weighted by molar-refractivity contribution is -0.130. The molecule has 0 unspecified atom stereocenters. The lowest BCUT2D eigenvalue weighted by Gasteiger charge is -2.22. The van der Waals surface area contributed by atoms with Crippen LogP contribution in [0.15, 0.2) is 29.4 Å². The number of nitrogens with zero attached hydrogens (tertiary/aromatic N) is 3. The van der Waals surface area contributed by atoms with Crippen LogP contribution >= 0.6 is 11.8 Å². The van der Waals surface area contributed by atoms with E-state index in [0.29, 0.717) is 24.2 Å². The van der Waals surface area contributed by atoms with Crippen molar-refractivity contribution < 1.29 is 13.9 Å². The van der Waals surface area contributed by atoms with Crippen LogP contribution in [-0.2, 0) is 9.47 Å². The molecule has 4 rings (SSSR count). The van der Waals surface area contributed by atoms with Crippen LogP contribution in [0.1, 0.15) is 25.3 Å². The molecule has 1 saturated carbocycles. The zero-order chi connectivity index (χ0) is 15.6. The van der Waals surface area contributed by atoms with Crippen molar-refractivity contribution in [2.45, 2.75) is 36.6 Å². The third-order valence-electron chi connectivity index (χ3n) is 4.06. The van der Waals surface area contributed by atoms with Gasteiger partial charge in [-0.2, -0.15) is 0 Å². The minimum Gasteiger partial charge on any atom is -0.355 e. The number of hydrogen-bond acceptors (Lipinski definition) is 5. The summed E-state index contributed by atoms with van der Waals surface area (Å²) in [4.78, 5) is 0. The Balaban J connectivity index is 1.57. The molecule has 1 atom stereocenters. The summed E-state index contributed by atoms with van der Waals surface area (Å²) in [6.07, 6.45) is 3.27. The minimum atomic E-state index is -0.258. The van der Waals surface area contributed by atoms with Crippen LogP contribution < -0.4 is 0 Å². The highest BCUT2D eigenvalue weighted by Gasteiger charge is 2.31. The second-order valence-electron chi connectivity index (χ2n) is 5.80. The Morgan fingerprint density at radius 3 is 2.83 bits per heavy atom. The van der Waals surface area contributed by atoms with E-state index in [1.54, 1.807) is 23.9 Å². The van der Waals surface area contributed by atoms with Crippen molar-refractivity contribution in [3.05, 3.63) is 30.1 Å². The fraction of sp³-hybridized carbons (Fsp3) is 0.500. The number of aromatic nitrogens is 3. The molecular formula is C16H18FN3O2S. The van der Waals surface area contributed by atoms with E-state index in [1.165, 1.54) is 6.07 Å². The van der Waals surface area contributed by atoms with Gasteiger partial charge in [-0.15, -0.1) is 10.2 Å². The van der Waals surface area contributed by atoms with Gasteiger partial charge in [-0.25, -0.2) is 4.39 Å². The van der Waals surface area contributed by atoms with Gasteiger partial charge in [0, 0.05) is 11.8 Å². The average Bonchev–Trinajstić information content (AvgIpc) is 3.34. The van der Waals surface area contributed by atoms with Gasteiger partial charge in [-0.05, 0) is 31.4 Å². The Morgan fingerprint density at radius 2 is 2.09 bits per heavy atom. The Hall–Kier alpha value is -1.44. The van der Waals surface area contributed by atoms with Gasteiger partial charge >= 0.3 is 0 Å². The van der Waals surface area contributed by atoms with E-state index >= 15 is 0 Å². The molecule has 122 valence electrons. The van der Waals surface area contributed by atoms with Crippen LogP contribution in [-0.4, -0.2) is 40.0 Å². The topological polar surface area (TPSA) is 49.2 Å². The number of thioether (sulfide) groups is 1. The maximum Gasteiger partial charge on any atom is 0.191 e. The molecule has 2 aliphatic rings. The van der Waals surface area contributed by atoms with E-state index in [1.807, 2.05) is 6.07 Å². The van der Waals surface area contributed by atoms with Crippen molar-refractivity contribution in [1.29, 1.82) is 0 Å². The number of hydrogen-bond donors (Lipinski definition) is 0. The summed E-state index contributed by atoms with van der Waals surface area (Å²) in [5, 5.41) is 9.41. The van der Waals surface area contributed by atoms with Gasteiger partial charge in [0.05, 0.1) is 18.3 Å². The second-order valence-corrected chi connectivity index (χ2v) is 6.79. The van der Waals surface area contributed by atoms with Gasteiger partial charge in [0.1, 0.15) is 12.6 Å². The Kier molecular flexibility index (Phi) is 4.33. The van der Waals surface area contributed by atoms with Crippen molar-refractivity contribution in [3.8, 4) is 11.4 Å². The Bertz CT molecular complexity index is 684. The van der Waals surface area contributed by atoms with Gasteiger partial charge in [-0.3, -0.25) is 4.57 Å².